The summed E-state index contributed by atoms with van der Waals surface area (Å²) in [7, 11) is 1.51. The van der Waals surface area contributed by atoms with E-state index in [4.69, 9.17) is 9.47 Å². The zero-order valence-corrected chi connectivity index (χ0v) is 20.1. The van der Waals surface area contributed by atoms with Crippen LogP contribution in [0.3, 0.4) is 0 Å². The highest BCUT2D eigenvalue weighted by atomic mass is 16.5. The third-order valence-corrected chi connectivity index (χ3v) is 5.67. The summed E-state index contributed by atoms with van der Waals surface area (Å²) < 4.78 is 11.1. The molecule has 0 spiro atoms. The Hall–Kier alpha value is -3.19. The van der Waals surface area contributed by atoms with Crippen LogP contribution in [0.4, 0.5) is 0 Å². The lowest BCUT2D eigenvalue weighted by Gasteiger charge is -2.26. The maximum Gasteiger partial charge on any atom is 0.295 e. The van der Waals surface area contributed by atoms with E-state index in [9.17, 15) is 14.7 Å². The Morgan fingerprint density at radius 1 is 1.15 bits per heavy atom. The topological polar surface area (TPSA) is 89.0 Å². The molecule has 2 heterocycles. The second-order valence-corrected chi connectivity index (χ2v) is 9.36. The molecule has 1 atom stereocenters. The monoisotopic (exact) mass is 452 g/mol. The number of aromatic nitrogens is 1. The van der Waals surface area contributed by atoms with Gasteiger partial charge in [0.2, 0.25) is 0 Å². The van der Waals surface area contributed by atoms with E-state index in [0.29, 0.717) is 16.9 Å². The summed E-state index contributed by atoms with van der Waals surface area (Å²) in [5.41, 5.74) is 1.86. The maximum atomic E-state index is 13.2. The molecule has 1 fully saturated rings. The molecule has 1 amide bonds. The number of pyridine rings is 1. The Labute approximate surface area is 195 Å². The van der Waals surface area contributed by atoms with Crippen LogP contribution >= 0.6 is 0 Å². The van der Waals surface area contributed by atoms with Gasteiger partial charge in [0, 0.05) is 18.9 Å². The largest absolute Gasteiger partial charge is 0.507 e. The molecule has 1 N–H and O–H groups in total. The lowest BCUT2D eigenvalue weighted by molar-refractivity contribution is -0.140. The highest BCUT2D eigenvalue weighted by Crippen LogP contribution is 2.41. The molecule has 3 rings (SSSR count). The second-order valence-electron chi connectivity index (χ2n) is 9.36. The lowest BCUT2D eigenvalue weighted by atomic mass is 9.85. The first-order chi connectivity index (χ1) is 15.6. The number of aliphatic hydroxyl groups is 1. The molecule has 1 aromatic carbocycles. The van der Waals surface area contributed by atoms with Gasteiger partial charge in [0.05, 0.1) is 37.0 Å². The van der Waals surface area contributed by atoms with Crippen LogP contribution in [0, 0.1) is 0 Å². The highest BCUT2D eigenvalue weighted by Gasteiger charge is 2.46. The number of hydrogen-bond acceptors (Lipinski definition) is 6. The van der Waals surface area contributed by atoms with E-state index < -0.39 is 17.7 Å². The number of hydrogen-bond donors (Lipinski definition) is 1. The van der Waals surface area contributed by atoms with Crippen molar-refractivity contribution in [2.45, 2.75) is 52.2 Å². The van der Waals surface area contributed by atoms with Gasteiger partial charge in [0.1, 0.15) is 11.5 Å². The Bertz CT molecular complexity index is 1050. The van der Waals surface area contributed by atoms with E-state index >= 15 is 0 Å². The summed E-state index contributed by atoms with van der Waals surface area (Å²) in [6.45, 7) is 10.5. The fourth-order valence-corrected chi connectivity index (χ4v) is 3.89. The van der Waals surface area contributed by atoms with Crippen molar-refractivity contribution in [3.8, 4) is 5.75 Å². The van der Waals surface area contributed by atoms with Crippen LogP contribution in [-0.4, -0.2) is 53.0 Å². The molecule has 0 radical (unpaired) electrons. The average Bonchev–Trinajstić information content (AvgIpc) is 3.03. The summed E-state index contributed by atoms with van der Waals surface area (Å²) in [4.78, 5) is 31.7. The smallest absolute Gasteiger partial charge is 0.295 e. The summed E-state index contributed by atoms with van der Waals surface area (Å²) in [5.74, 6) is -1.24. The van der Waals surface area contributed by atoms with Crippen LogP contribution < -0.4 is 4.74 Å². The Morgan fingerprint density at radius 2 is 1.82 bits per heavy atom. The number of carbonyl (C=O) groups is 2. The van der Waals surface area contributed by atoms with Gasteiger partial charge in [0.25, 0.3) is 11.7 Å². The van der Waals surface area contributed by atoms with E-state index in [1.807, 2.05) is 26.0 Å². The summed E-state index contributed by atoms with van der Waals surface area (Å²) in [6.07, 6.45) is 3.19. The fourth-order valence-electron chi connectivity index (χ4n) is 3.89. The van der Waals surface area contributed by atoms with Crippen molar-refractivity contribution in [3.05, 3.63) is 65.0 Å². The molecular formula is C26H32N2O5. The van der Waals surface area contributed by atoms with Crippen LogP contribution in [0.2, 0.25) is 0 Å². The van der Waals surface area contributed by atoms with Crippen LogP contribution in [-0.2, 0) is 19.7 Å². The standard InChI is InChI=1S/C26H32N2O5/c1-16(2)33-14-13-28-22(17-9-11-27-12-10-17)21(24(30)25(28)31)23(29)19-15-18(26(3,4)5)7-8-20(19)32-6/h7-12,15-16,22,29H,13-14H2,1-6H3/b23-21+. The average molecular weight is 453 g/mol. The molecule has 7 heteroatoms. The third-order valence-electron chi connectivity index (χ3n) is 5.67. The number of amides is 1. The SMILES string of the molecule is COc1ccc(C(C)(C)C)cc1/C(O)=C1\C(=O)C(=O)N(CCOC(C)C)C1c1ccncc1. The van der Waals surface area contributed by atoms with Gasteiger partial charge in [0.15, 0.2) is 0 Å². The first kappa shape index (κ1) is 24.5. The van der Waals surface area contributed by atoms with Crippen molar-refractivity contribution in [3.63, 3.8) is 0 Å². The molecule has 176 valence electrons. The number of carbonyl (C=O) groups excluding carboxylic acids is 2. The molecule has 0 bridgehead atoms. The Kier molecular flexibility index (Phi) is 7.22. The predicted octanol–water partition coefficient (Wildman–Crippen LogP) is 4.23. The van der Waals surface area contributed by atoms with Gasteiger partial charge in [-0.3, -0.25) is 14.6 Å². The number of aliphatic hydroxyl groups excluding tert-OH is 1. The number of nitrogens with zero attached hydrogens (tertiary/aromatic N) is 2. The Morgan fingerprint density at radius 3 is 2.39 bits per heavy atom. The van der Waals surface area contributed by atoms with Gasteiger partial charge in [-0.2, -0.15) is 0 Å². The summed E-state index contributed by atoms with van der Waals surface area (Å²) >= 11 is 0. The van der Waals surface area contributed by atoms with E-state index in [-0.39, 0.29) is 36.0 Å². The van der Waals surface area contributed by atoms with Gasteiger partial charge in [-0.05, 0) is 54.7 Å². The number of benzene rings is 1. The summed E-state index contributed by atoms with van der Waals surface area (Å²) in [5, 5.41) is 11.4. The molecule has 2 aromatic rings. The first-order valence-electron chi connectivity index (χ1n) is 11.0. The molecular weight excluding hydrogens is 420 g/mol. The number of likely N-dealkylation sites (tertiary alicyclic amines) is 1. The van der Waals surface area contributed by atoms with E-state index in [1.54, 1.807) is 30.6 Å². The second kappa shape index (κ2) is 9.75. The fraction of sp³-hybridized carbons (Fsp3) is 0.423. The zero-order valence-electron chi connectivity index (χ0n) is 20.1. The molecule has 7 nitrogen and oxygen atoms in total. The molecule has 1 aliphatic rings. The van der Waals surface area contributed by atoms with E-state index in [0.717, 1.165) is 5.56 Å². The normalized spacial score (nSPS) is 18.3. The minimum absolute atomic E-state index is 0.00871. The highest BCUT2D eigenvalue weighted by molar-refractivity contribution is 6.46. The molecule has 0 saturated carbocycles. The van der Waals surface area contributed by atoms with Crippen molar-refractivity contribution in [1.29, 1.82) is 0 Å². The van der Waals surface area contributed by atoms with E-state index in [1.165, 1.54) is 12.0 Å². The van der Waals surface area contributed by atoms with E-state index in [2.05, 4.69) is 25.8 Å². The van der Waals surface area contributed by atoms with Crippen LogP contribution in [0.15, 0.2) is 48.3 Å². The molecule has 0 aliphatic carbocycles. The summed E-state index contributed by atoms with van der Waals surface area (Å²) in [6, 6.07) is 8.23. The molecule has 1 saturated heterocycles. The molecule has 1 unspecified atom stereocenters. The van der Waals surface area contributed by atoms with Gasteiger partial charge >= 0.3 is 0 Å². The number of methoxy groups -OCH3 is 1. The molecule has 1 aromatic heterocycles. The number of ether oxygens (including phenoxy) is 2. The minimum Gasteiger partial charge on any atom is -0.507 e. The predicted molar refractivity (Wildman–Crippen MR) is 126 cm³/mol. The third kappa shape index (κ3) is 5.09. The van der Waals surface area contributed by atoms with Gasteiger partial charge in [-0.1, -0.05) is 26.8 Å². The van der Waals surface area contributed by atoms with Gasteiger partial charge in [-0.25, -0.2) is 0 Å². The first-order valence-corrected chi connectivity index (χ1v) is 11.0. The lowest BCUT2D eigenvalue weighted by Crippen LogP contribution is -2.33. The Balaban J connectivity index is 2.18. The quantitative estimate of drug-likeness (QED) is 0.384. The molecule has 1 aliphatic heterocycles. The maximum absolute atomic E-state index is 13.2. The van der Waals surface area contributed by atoms with Gasteiger partial charge in [-0.15, -0.1) is 0 Å². The van der Waals surface area contributed by atoms with Crippen molar-refractivity contribution in [2.24, 2.45) is 0 Å². The van der Waals surface area contributed by atoms with Crippen molar-refractivity contribution >= 4 is 17.4 Å². The molecule has 33 heavy (non-hydrogen) atoms. The number of Topliss-reactive ketones (excluding diaryl/α,β-unsaturated/α-hetero) is 1. The van der Waals surface area contributed by atoms with Crippen molar-refractivity contribution in [2.75, 3.05) is 20.3 Å². The van der Waals surface area contributed by atoms with Crippen LogP contribution in [0.25, 0.3) is 5.76 Å². The van der Waals surface area contributed by atoms with Gasteiger partial charge < -0.3 is 19.5 Å². The van der Waals surface area contributed by atoms with Crippen LogP contribution in [0.5, 0.6) is 5.75 Å². The number of rotatable bonds is 7. The van der Waals surface area contributed by atoms with Crippen molar-refractivity contribution < 1.29 is 24.2 Å². The number of ketones is 1. The zero-order chi connectivity index (χ0) is 24.3. The minimum atomic E-state index is -0.758. The van der Waals surface area contributed by atoms with Crippen molar-refractivity contribution in [1.82, 2.24) is 9.88 Å². The van der Waals surface area contributed by atoms with Crippen LogP contribution in [0.1, 0.15) is 57.4 Å².